The lowest BCUT2D eigenvalue weighted by atomic mass is 10.1. The van der Waals surface area contributed by atoms with Crippen molar-refractivity contribution in [3.8, 4) is 17.2 Å². The van der Waals surface area contributed by atoms with E-state index >= 15 is 0 Å². The molecule has 0 saturated carbocycles. The van der Waals surface area contributed by atoms with Gasteiger partial charge in [0, 0.05) is 5.56 Å². The maximum atomic E-state index is 12.5. The Morgan fingerprint density at radius 2 is 1.70 bits per heavy atom. The zero-order valence-electron chi connectivity index (χ0n) is 15.2. The van der Waals surface area contributed by atoms with E-state index in [0.29, 0.717) is 41.7 Å². The molecule has 0 unspecified atom stereocenters. The topological polar surface area (TPSA) is 69.9 Å². The smallest absolute Gasteiger partial charge is 0.251 e. The number of carbonyl (C=O) groups excluding carboxylic acids is 1. The minimum Gasteiger partial charge on any atom is -0.493 e. The number of carbonyl (C=O) groups is 1. The van der Waals surface area contributed by atoms with Gasteiger partial charge in [-0.2, -0.15) is 0 Å². The zero-order chi connectivity index (χ0) is 19.1. The van der Waals surface area contributed by atoms with Gasteiger partial charge in [0.15, 0.2) is 11.5 Å². The third-order valence-electron chi connectivity index (χ3n) is 3.95. The summed E-state index contributed by atoms with van der Waals surface area (Å²) in [5, 5.41) is 2.80. The standard InChI is InChI=1S/C21H21NO5/c1-24-18-11-16(21(23)22-13-17-9-6-10-26-17)12-19(25-2)20(18)27-14-15-7-4-3-5-8-15/h3-12H,13-14H2,1-2H3,(H,22,23). The van der Waals surface area contributed by atoms with E-state index in [0.717, 1.165) is 5.56 Å². The van der Waals surface area contributed by atoms with Crippen molar-refractivity contribution in [2.45, 2.75) is 13.2 Å². The molecule has 27 heavy (non-hydrogen) atoms. The quantitative estimate of drug-likeness (QED) is 0.656. The Labute approximate surface area is 157 Å². The van der Waals surface area contributed by atoms with Crippen LogP contribution in [0.2, 0.25) is 0 Å². The van der Waals surface area contributed by atoms with E-state index in [-0.39, 0.29) is 5.91 Å². The number of nitrogens with one attached hydrogen (secondary N) is 1. The number of ether oxygens (including phenoxy) is 3. The third-order valence-corrected chi connectivity index (χ3v) is 3.95. The van der Waals surface area contributed by atoms with Crippen molar-refractivity contribution in [1.82, 2.24) is 5.32 Å². The molecule has 3 aromatic rings. The Morgan fingerprint density at radius 1 is 1.00 bits per heavy atom. The Morgan fingerprint density at radius 3 is 2.30 bits per heavy atom. The molecule has 2 aromatic carbocycles. The van der Waals surface area contributed by atoms with Crippen molar-refractivity contribution in [3.63, 3.8) is 0 Å². The fourth-order valence-corrected chi connectivity index (χ4v) is 2.57. The summed E-state index contributed by atoms with van der Waals surface area (Å²) in [5.74, 6) is 1.70. The van der Waals surface area contributed by atoms with Crippen LogP contribution >= 0.6 is 0 Å². The molecule has 3 rings (SSSR count). The number of hydrogen-bond donors (Lipinski definition) is 1. The molecule has 0 radical (unpaired) electrons. The van der Waals surface area contributed by atoms with Gasteiger partial charge in [-0.15, -0.1) is 0 Å². The molecule has 0 fully saturated rings. The highest BCUT2D eigenvalue weighted by molar-refractivity contribution is 5.95. The van der Waals surface area contributed by atoms with Crippen LogP contribution in [0.15, 0.2) is 65.3 Å². The first-order valence-electron chi connectivity index (χ1n) is 8.44. The van der Waals surface area contributed by atoms with Crippen LogP contribution in [0.25, 0.3) is 0 Å². The van der Waals surface area contributed by atoms with E-state index in [1.54, 1.807) is 30.5 Å². The molecule has 0 atom stereocenters. The van der Waals surface area contributed by atoms with E-state index in [2.05, 4.69) is 5.32 Å². The van der Waals surface area contributed by atoms with Crippen LogP contribution in [0.3, 0.4) is 0 Å². The number of amides is 1. The first kappa shape index (κ1) is 18.4. The van der Waals surface area contributed by atoms with E-state index in [4.69, 9.17) is 18.6 Å². The van der Waals surface area contributed by atoms with Crippen LogP contribution in [0.4, 0.5) is 0 Å². The van der Waals surface area contributed by atoms with E-state index in [1.807, 2.05) is 30.3 Å². The van der Waals surface area contributed by atoms with Gasteiger partial charge in [-0.1, -0.05) is 30.3 Å². The molecule has 0 aliphatic rings. The molecule has 6 heteroatoms. The normalized spacial score (nSPS) is 10.3. The van der Waals surface area contributed by atoms with Crippen LogP contribution in [0, 0.1) is 0 Å². The average molecular weight is 367 g/mol. The summed E-state index contributed by atoms with van der Waals surface area (Å²) < 4.78 is 21.9. The molecule has 1 N–H and O–H groups in total. The first-order valence-corrected chi connectivity index (χ1v) is 8.44. The number of hydrogen-bond acceptors (Lipinski definition) is 5. The molecular formula is C21H21NO5. The van der Waals surface area contributed by atoms with Gasteiger partial charge in [0.05, 0.1) is 27.0 Å². The van der Waals surface area contributed by atoms with Crippen molar-refractivity contribution < 1.29 is 23.4 Å². The molecule has 0 saturated heterocycles. The van der Waals surface area contributed by atoms with E-state index in [9.17, 15) is 4.79 Å². The summed E-state index contributed by atoms with van der Waals surface area (Å²) in [4.78, 5) is 12.5. The second kappa shape index (κ2) is 8.80. The second-order valence-corrected chi connectivity index (χ2v) is 5.75. The van der Waals surface area contributed by atoms with Crippen LogP contribution in [-0.2, 0) is 13.2 Å². The third kappa shape index (κ3) is 4.61. The van der Waals surface area contributed by atoms with E-state index in [1.165, 1.54) is 14.2 Å². The number of benzene rings is 2. The summed E-state index contributed by atoms with van der Waals surface area (Å²) in [5.41, 5.74) is 1.42. The number of rotatable bonds is 8. The molecule has 0 spiro atoms. The maximum absolute atomic E-state index is 12.5. The van der Waals surface area contributed by atoms with Gasteiger partial charge in [-0.05, 0) is 29.8 Å². The van der Waals surface area contributed by atoms with Gasteiger partial charge in [0.25, 0.3) is 5.91 Å². The van der Waals surface area contributed by atoms with Gasteiger partial charge in [-0.25, -0.2) is 0 Å². The van der Waals surface area contributed by atoms with Gasteiger partial charge in [0.1, 0.15) is 12.4 Å². The highest BCUT2D eigenvalue weighted by Gasteiger charge is 2.18. The second-order valence-electron chi connectivity index (χ2n) is 5.75. The Hall–Kier alpha value is -3.41. The summed E-state index contributed by atoms with van der Waals surface area (Å²) in [6.07, 6.45) is 1.56. The summed E-state index contributed by atoms with van der Waals surface area (Å²) in [7, 11) is 3.05. The highest BCUT2D eigenvalue weighted by Crippen LogP contribution is 2.39. The van der Waals surface area contributed by atoms with Crippen LogP contribution in [-0.4, -0.2) is 20.1 Å². The summed E-state index contributed by atoms with van der Waals surface area (Å²) in [6, 6.07) is 16.6. The van der Waals surface area contributed by atoms with Gasteiger partial charge in [-0.3, -0.25) is 4.79 Å². The lowest BCUT2D eigenvalue weighted by Gasteiger charge is -2.16. The van der Waals surface area contributed by atoms with Crippen molar-refractivity contribution >= 4 is 5.91 Å². The summed E-state index contributed by atoms with van der Waals surface area (Å²) >= 11 is 0. The van der Waals surface area contributed by atoms with Gasteiger partial charge >= 0.3 is 0 Å². The lowest BCUT2D eigenvalue weighted by Crippen LogP contribution is -2.22. The molecular weight excluding hydrogens is 346 g/mol. The van der Waals surface area contributed by atoms with Crippen molar-refractivity contribution in [2.24, 2.45) is 0 Å². The molecule has 0 aliphatic heterocycles. The molecule has 140 valence electrons. The average Bonchev–Trinajstić information content (AvgIpc) is 3.24. The molecule has 1 amide bonds. The molecule has 0 bridgehead atoms. The first-order chi connectivity index (χ1) is 13.2. The zero-order valence-corrected chi connectivity index (χ0v) is 15.2. The SMILES string of the molecule is COc1cc(C(=O)NCc2ccco2)cc(OC)c1OCc1ccccc1. The fraction of sp³-hybridized carbons (Fsp3) is 0.190. The van der Waals surface area contributed by atoms with Crippen molar-refractivity contribution in [1.29, 1.82) is 0 Å². The predicted molar refractivity (Wildman–Crippen MR) is 100 cm³/mol. The molecule has 1 aromatic heterocycles. The number of furan rings is 1. The Kier molecular flexibility index (Phi) is 5.99. The molecule has 0 aliphatic carbocycles. The van der Waals surface area contributed by atoms with Gasteiger partial charge in [0.2, 0.25) is 5.75 Å². The fourth-order valence-electron chi connectivity index (χ4n) is 2.57. The van der Waals surface area contributed by atoms with Gasteiger partial charge < -0.3 is 23.9 Å². The maximum Gasteiger partial charge on any atom is 0.251 e. The lowest BCUT2D eigenvalue weighted by molar-refractivity contribution is 0.0947. The minimum atomic E-state index is -0.266. The minimum absolute atomic E-state index is 0.266. The Balaban J connectivity index is 1.77. The van der Waals surface area contributed by atoms with E-state index < -0.39 is 0 Å². The largest absolute Gasteiger partial charge is 0.493 e. The highest BCUT2D eigenvalue weighted by atomic mass is 16.5. The monoisotopic (exact) mass is 367 g/mol. The van der Waals surface area contributed by atoms with Crippen LogP contribution in [0.5, 0.6) is 17.2 Å². The van der Waals surface area contributed by atoms with Crippen molar-refractivity contribution in [2.75, 3.05) is 14.2 Å². The predicted octanol–water partition coefficient (Wildman–Crippen LogP) is 3.81. The molecule has 6 nitrogen and oxygen atoms in total. The summed E-state index contributed by atoms with van der Waals surface area (Å²) in [6.45, 7) is 0.653. The van der Waals surface area contributed by atoms with Crippen molar-refractivity contribution in [3.05, 3.63) is 77.7 Å². The van der Waals surface area contributed by atoms with Crippen LogP contribution in [0.1, 0.15) is 21.7 Å². The molecule has 1 heterocycles. The number of methoxy groups -OCH3 is 2. The van der Waals surface area contributed by atoms with Crippen LogP contribution < -0.4 is 19.5 Å². The Bertz CT molecular complexity index is 850.